The van der Waals surface area contributed by atoms with Gasteiger partial charge in [-0.25, -0.2) is 4.98 Å². The van der Waals surface area contributed by atoms with Crippen molar-refractivity contribution < 1.29 is 5.11 Å². The second kappa shape index (κ2) is 4.26. The molecule has 1 rings (SSSR count). The highest BCUT2D eigenvalue weighted by atomic mass is 35.5. The van der Waals surface area contributed by atoms with E-state index in [9.17, 15) is 5.11 Å². The minimum absolute atomic E-state index is 0.00620. The van der Waals surface area contributed by atoms with Crippen molar-refractivity contribution >= 4 is 11.6 Å². The summed E-state index contributed by atoms with van der Waals surface area (Å²) in [4.78, 5) is 4.04. The second-order valence-corrected chi connectivity index (χ2v) is 4.11. The highest BCUT2D eigenvalue weighted by molar-refractivity contribution is 6.30. The van der Waals surface area contributed by atoms with E-state index in [0.29, 0.717) is 11.7 Å². The topological polar surface area (TPSA) is 59.1 Å². The van der Waals surface area contributed by atoms with Crippen LogP contribution in [-0.4, -0.2) is 23.2 Å². The van der Waals surface area contributed by atoms with E-state index in [1.54, 1.807) is 6.20 Å². The van der Waals surface area contributed by atoms with Crippen LogP contribution in [-0.2, 0) is 5.41 Å². The first-order valence-corrected chi connectivity index (χ1v) is 4.85. The molecule has 1 heterocycles. The third kappa shape index (κ3) is 2.05. The predicted octanol–water partition coefficient (Wildman–Crippen LogP) is 1.25. The minimum Gasteiger partial charge on any atom is -0.395 e. The summed E-state index contributed by atoms with van der Waals surface area (Å²) in [6.07, 6.45) is 1.67. The fourth-order valence-corrected chi connectivity index (χ4v) is 1.27. The molecule has 1 unspecified atom stereocenters. The molecule has 0 radical (unpaired) electrons. The van der Waals surface area contributed by atoms with E-state index in [4.69, 9.17) is 17.3 Å². The van der Waals surface area contributed by atoms with Gasteiger partial charge in [0.15, 0.2) is 0 Å². The van der Waals surface area contributed by atoms with E-state index in [1.165, 1.54) is 0 Å². The molecule has 14 heavy (non-hydrogen) atoms. The van der Waals surface area contributed by atoms with Crippen molar-refractivity contribution in [3.63, 3.8) is 0 Å². The van der Waals surface area contributed by atoms with Crippen LogP contribution in [0.4, 0.5) is 0 Å². The van der Waals surface area contributed by atoms with Crippen LogP contribution in [0.3, 0.4) is 0 Å². The van der Waals surface area contributed by atoms with Gasteiger partial charge in [-0.15, -0.1) is 0 Å². The first kappa shape index (κ1) is 11.4. The molecule has 0 aromatic carbocycles. The highest BCUT2D eigenvalue weighted by Crippen LogP contribution is 2.24. The number of aliphatic hydroxyl groups excluding tert-OH is 1. The maximum atomic E-state index is 9.26. The van der Waals surface area contributed by atoms with E-state index in [0.717, 1.165) is 11.1 Å². The van der Waals surface area contributed by atoms with E-state index < -0.39 is 5.41 Å². The van der Waals surface area contributed by atoms with E-state index in [-0.39, 0.29) is 6.61 Å². The molecule has 0 aliphatic heterocycles. The maximum Gasteiger partial charge on any atom is 0.131 e. The first-order chi connectivity index (χ1) is 6.53. The van der Waals surface area contributed by atoms with Gasteiger partial charge < -0.3 is 10.8 Å². The lowest BCUT2D eigenvalue weighted by Crippen LogP contribution is -2.35. The minimum atomic E-state index is -0.428. The number of aromatic nitrogens is 1. The molecule has 0 fully saturated rings. The third-order valence-corrected chi connectivity index (χ3v) is 2.91. The molecule has 1 aromatic heterocycles. The summed E-state index contributed by atoms with van der Waals surface area (Å²) >= 11 is 5.81. The van der Waals surface area contributed by atoms with Crippen molar-refractivity contribution in [1.29, 1.82) is 0 Å². The van der Waals surface area contributed by atoms with Gasteiger partial charge in [-0.2, -0.15) is 0 Å². The standard InChI is InChI=1S/C10H15ClN2O/c1-7-3-8(4-13-9(7)11)10(2,5-12)6-14/h3-4,14H,5-6,12H2,1-2H3. The molecule has 1 aromatic rings. The zero-order valence-electron chi connectivity index (χ0n) is 8.42. The van der Waals surface area contributed by atoms with Crippen LogP contribution in [0.1, 0.15) is 18.1 Å². The maximum absolute atomic E-state index is 9.26. The van der Waals surface area contributed by atoms with Crippen LogP contribution < -0.4 is 5.73 Å². The number of pyridine rings is 1. The average molecular weight is 215 g/mol. The van der Waals surface area contributed by atoms with Crippen LogP contribution in [0, 0.1) is 6.92 Å². The largest absolute Gasteiger partial charge is 0.395 e. The van der Waals surface area contributed by atoms with Gasteiger partial charge in [0, 0.05) is 18.2 Å². The van der Waals surface area contributed by atoms with Gasteiger partial charge in [0.25, 0.3) is 0 Å². The van der Waals surface area contributed by atoms with Gasteiger partial charge in [-0.3, -0.25) is 0 Å². The number of nitrogens with two attached hydrogens (primary N) is 1. The smallest absolute Gasteiger partial charge is 0.131 e. The Hall–Kier alpha value is -0.640. The van der Waals surface area contributed by atoms with E-state index in [2.05, 4.69) is 4.98 Å². The Balaban J connectivity index is 3.12. The molecule has 0 bridgehead atoms. The van der Waals surface area contributed by atoms with Crippen molar-refractivity contribution in [2.45, 2.75) is 19.3 Å². The molecule has 0 aliphatic rings. The van der Waals surface area contributed by atoms with Gasteiger partial charge in [0.2, 0.25) is 0 Å². The molecule has 1 atom stereocenters. The Morgan fingerprint density at radius 2 is 2.29 bits per heavy atom. The second-order valence-electron chi connectivity index (χ2n) is 3.75. The molecule has 0 saturated heterocycles. The lowest BCUT2D eigenvalue weighted by molar-refractivity contribution is 0.210. The first-order valence-electron chi connectivity index (χ1n) is 4.47. The summed E-state index contributed by atoms with van der Waals surface area (Å²) in [5.41, 5.74) is 7.01. The Bertz CT molecular complexity index is 324. The van der Waals surface area contributed by atoms with Crippen LogP contribution in [0.5, 0.6) is 0 Å². The van der Waals surface area contributed by atoms with Crippen LogP contribution >= 0.6 is 11.6 Å². The van der Waals surface area contributed by atoms with Crippen LogP contribution in [0.25, 0.3) is 0 Å². The molecule has 0 spiro atoms. The Morgan fingerprint density at radius 3 is 2.71 bits per heavy atom. The Labute approximate surface area is 88.9 Å². The monoisotopic (exact) mass is 214 g/mol. The number of aliphatic hydroxyl groups is 1. The zero-order valence-corrected chi connectivity index (χ0v) is 9.17. The van der Waals surface area contributed by atoms with Gasteiger partial charge in [0.1, 0.15) is 5.15 Å². The van der Waals surface area contributed by atoms with Crippen molar-refractivity contribution in [1.82, 2.24) is 4.98 Å². The van der Waals surface area contributed by atoms with Gasteiger partial charge >= 0.3 is 0 Å². The molecule has 3 N–H and O–H groups in total. The van der Waals surface area contributed by atoms with Gasteiger partial charge in [-0.1, -0.05) is 24.6 Å². The van der Waals surface area contributed by atoms with Crippen molar-refractivity contribution in [3.8, 4) is 0 Å². The normalized spacial score (nSPS) is 15.2. The number of hydrogen-bond acceptors (Lipinski definition) is 3. The highest BCUT2D eigenvalue weighted by Gasteiger charge is 2.24. The SMILES string of the molecule is Cc1cc(C(C)(CN)CO)cnc1Cl. The van der Waals surface area contributed by atoms with Gasteiger partial charge in [0.05, 0.1) is 6.61 Å². The Morgan fingerprint density at radius 1 is 1.64 bits per heavy atom. The average Bonchev–Trinajstić information content (AvgIpc) is 2.21. The summed E-state index contributed by atoms with van der Waals surface area (Å²) < 4.78 is 0. The van der Waals surface area contributed by atoms with Crippen LogP contribution in [0.2, 0.25) is 5.15 Å². The summed E-state index contributed by atoms with van der Waals surface area (Å²) in [7, 11) is 0. The summed E-state index contributed by atoms with van der Waals surface area (Å²) in [6.45, 7) is 4.17. The fourth-order valence-electron chi connectivity index (χ4n) is 1.16. The molecular weight excluding hydrogens is 200 g/mol. The molecule has 0 aliphatic carbocycles. The molecule has 0 amide bonds. The molecular formula is C10H15ClN2O. The van der Waals surface area contributed by atoms with Gasteiger partial charge in [-0.05, 0) is 18.1 Å². The zero-order chi connectivity index (χ0) is 10.8. The van der Waals surface area contributed by atoms with E-state index in [1.807, 2.05) is 19.9 Å². The van der Waals surface area contributed by atoms with Crippen molar-refractivity contribution in [2.24, 2.45) is 5.73 Å². The fraction of sp³-hybridized carbons (Fsp3) is 0.500. The summed E-state index contributed by atoms with van der Waals surface area (Å²) in [6, 6.07) is 1.92. The third-order valence-electron chi connectivity index (χ3n) is 2.51. The summed E-state index contributed by atoms with van der Waals surface area (Å²) in [5.74, 6) is 0. The Kier molecular flexibility index (Phi) is 3.48. The predicted molar refractivity (Wildman–Crippen MR) is 57.5 cm³/mol. The summed E-state index contributed by atoms with van der Waals surface area (Å²) in [5, 5.41) is 9.75. The lowest BCUT2D eigenvalue weighted by Gasteiger charge is -2.25. The van der Waals surface area contributed by atoms with Crippen molar-refractivity contribution in [3.05, 3.63) is 28.5 Å². The van der Waals surface area contributed by atoms with Crippen LogP contribution in [0.15, 0.2) is 12.3 Å². The number of rotatable bonds is 3. The number of halogens is 1. The quantitative estimate of drug-likeness (QED) is 0.745. The lowest BCUT2D eigenvalue weighted by atomic mass is 9.84. The molecule has 4 heteroatoms. The molecule has 78 valence electrons. The number of hydrogen-bond donors (Lipinski definition) is 2. The van der Waals surface area contributed by atoms with E-state index >= 15 is 0 Å². The van der Waals surface area contributed by atoms with Crippen molar-refractivity contribution in [2.75, 3.05) is 13.2 Å². The molecule has 3 nitrogen and oxygen atoms in total. The number of nitrogens with zero attached hydrogens (tertiary/aromatic N) is 1. The molecule has 0 saturated carbocycles. The number of aryl methyl sites for hydroxylation is 1.